The molecule has 9 nitrogen and oxygen atoms in total. The molecule has 1 amide bonds. The zero-order chi connectivity index (χ0) is 22.3. The van der Waals surface area contributed by atoms with Gasteiger partial charge in [-0.05, 0) is 42.8 Å². The first-order valence-electron chi connectivity index (χ1n) is 9.76. The number of ether oxygens (including phenoxy) is 2. The van der Waals surface area contributed by atoms with E-state index >= 15 is 0 Å². The number of carbonyl (C=O) groups is 1. The second-order valence-electron chi connectivity index (χ2n) is 7.04. The Hall–Kier alpha value is -2.95. The van der Waals surface area contributed by atoms with Crippen LogP contribution in [0.4, 0.5) is 0 Å². The van der Waals surface area contributed by atoms with Crippen molar-refractivity contribution in [3.05, 3.63) is 60.2 Å². The second-order valence-corrected chi connectivity index (χ2v) is 9.15. The number of hydrogen-bond donors (Lipinski definition) is 3. The van der Waals surface area contributed by atoms with Crippen LogP contribution in [-0.4, -0.2) is 56.4 Å². The Morgan fingerprint density at radius 2 is 1.90 bits per heavy atom. The van der Waals surface area contributed by atoms with Crippen molar-refractivity contribution in [3.8, 4) is 5.75 Å². The topological polar surface area (TPSA) is 140 Å². The average molecular weight is 448 g/mol. The lowest BCUT2D eigenvalue weighted by Crippen LogP contribution is -2.50. The molecule has 3 rings (SSSR count). The van der Waals surface area contributed by atoms with E-state index in [9.17, 15) is 13.2 Å². The van der Waals surface area contributed by atoms with E-state index in [1.165, 1.54) is 12.1 Å². The molecular formula is C21H25N3O6S. The predicted octanol–water partition coefficient (Wildman–Crippen LogP) is 0.817. The van der Waals surface area contributed by atoms with Gasteiger partial charge in [-0.2, -0.15) is 0 Å². The number of aliphatic hydroxyl groups excluding tert-OH is 1. The third kappa shape index (κ3) is 5.40. The number of hydrogen-bond acceptors (Lipinski definition) is 8. The molecule has 0 saturated carbocycles. The van der Waals surface area contributed by atoms with Gasteiger partial charge in [0.25, 0.3) is 5.91 Å². The number of aliphatic hydroxyl groups is 1. The zero-order valence-corrected chi connectivity index (χ0v) is 17.7. The van der Waals surface area contributed by atoms with Crippen LogP contribution in [0.15, 0.2) is 64.5 Å². The minimum absolute atomic E-state index is 0.0496. The minimum atomic E-state index is -3.61. The number of hydrazine groups is 1. The van der Waals surface area contributed by atoms with Crippen molar-refractivity contribution in [2.24, 2.45) is 10.8 Å². The van der Waals surface area contributed by atoms with Gasteiger partial charge in [-0.15, -0.1) is 0 Å². The molecule has 0 spiro atoms. The molecule has 0 aromatic heterocycles. The molecule has 0 aliphatic carbocycles. The number of nitrogens with one attached hydrogen (secondary N) is 1. The summed E-state index contributed by atoms with van der Waals surface area (Å²) in [6.45, 7) is 0.321. The van der Waals surface area contributed by atoms with E-state index in [0.29, 0.717) is 24.3 Å². The number of nitrogens with two attached hydrogens (primary N) is 1. The fraction of sp³-hybridized carbons (Fsp3) is 0.333. The molecule has 0 saturated heterocycles. The van der Waals surface area contributed by atoms with E-state index in [4.69, 9.17) is 20.4 Å². The van der Waals surface area contributed by atoms with E-state index < -0.39 is 21.3 Å². The maximum Gasteiger partial charge on any atom is 0.265 e. The van der Waals surface area contributed by atoms with Crippen molar-refractivity contribution in [2.75, 3.05) is 25.6 Å². The summed E-state index contributed by atoms with van der Waals surface area (Å²) in [5.41, 5.74) is 1.25. The quantitative estimate of drug-likeness (QED) is 0.212. The van der Waals surface area contributed by atoms with Crippen molar-refractivity contribution in [1.82, 2.24) is 5.43 Å². The Morgan fingerprint density at radius 1 is 1.19 bits per heavy atom. The molecule has 4 N–H and O–H groups in total. The maximum absolute atomic E-state index is 12.7. The highest BCUT2D eigenvalue weighted by molar-refractivity contribution is 7.91. The first kappa shape index (κ1) is 22.7. The standard InChI is InChI=1S/C21H25N3O6S/c22-24-20(26)21(11-14-31(27,28)18-5-2-1-3-6-18)15-30-19(23-21)16-7-9-17(10-8-16)29-13-4-12-25/h1-3,5-10,25H,4,11-15,22H2,(H,24,26)/t21-/m0/s1. The van der Waals surface area contributed by atoms with Crippen LogP contribution in [0.3, 0.4) is 0 Å². The average Bonchev–Trinajstić information content (AvgIpc) is 3.24. The van der Waals surface area contributed by atoms with Gasteiger partial charge in [0.15, 0.2) is 15.4 Å². The molecule has 0 bridgehead atoms. The molecule has 166 valence electrons. The molecule has 31 heavy (non-hydrogen) atoms. The van der Waals surface area contributed by atoms with E-state index in [1.54, 1.807) is 42.5 Å². The molecule has 1 atom stereocenters. The molecule has 1 aliphatic heterocycles. The summed E-state index contributed by atoms with van der Waals surface area (Å²) in [6.07, 6.45) is 0.444. The van der Waals surface area contributed by atoms with Crippen LogP contribution in [0, 0.1) is 0 Å². The van der Waals surface area contributed by atoms with Crippen molar-refractivity contribution >= 4 is 21.6 Å². The summed E-state index contributed by atoms with van der Waals surface area (Å²) >= 11 is 0. The summed E-state index contributed by atoms with van der Waals surface area (Å²) in [6, 6.07) is 14.9. The molecule has 0 unspecified atom stereocenters. The molecular weight excluding hydrogens is 422 g/mol. The third-order valence-corrected chi connectivity index (χ3v) is 6.61. The zero-order valence-electron chi connectivity index (χ0n) is 16.9. The maximum atomic E-state index is 12.7. The summed E-state index contributed by atoms with van der Waals surface area (Å²) in [4.78, 5) is 17.1. The van der Waals surface area contributed by atoms with Crippen molar-refractivity contribution in [2.45, 2.75) is 23.3 Å². The van der Waals surface area contributed by atoms with Gasteiger partial charge in [-0.1, -0.05) is 18.2 Å². The highest BCUT2D eigenvalue weighted by Gasteiger charge is 2.45. The minimum Gasteiger partial charge on any atom is -0.494 e. The van der Waals surface area contributed by atoms with Crippen LogP contribution in [0.1, 0.15) is 18.4 Å². The Bertz CT molecular complexity index is 1020. The summed E-state index contributed by atoms with van der Waals surface area (Å²) in [5, 5.41) is 8.81. The lowest BCUT2D eigenvalue weighted by atomic mass is 9.98. The molecule has 0 radical (unpaired) electrons. The number of benzene rings is 2. The van der Waals surface area contributed by atoms with Gasteiger partial charge in [-0.3, -0.25) is 10.2 Å². The molecule has 10 heteroatoms. The van der Waals surface area contributed by atoms with E-state index in [2.05, 4.69) is 10.4 Å². The van der Waals surface area contributed by atoms with Crippen LogP contribution in [0.25, 0.3) is 0 Å². The van der Waals surface area contributed by atoms with Gasteiger partial charge in [0.05, 0.1) is 17.3 Å². The molecule has 1 aliphatic rings. The second kappa shape index (κ2) is 9.90. The SMILES string of the molecule is NNC(=O)[C@]1(CCS(=O)(=O)c2ccccc2)COC(c2ccc(OCCCO)cc2)=N1. The molecule has 1 heterocycles. The number of nitrogens with zero attached hydrogens (tertiary/aromatic N) is 1. The Balaban J connectivity index is 1.77. The van der Waals surface area contributed by atoms with Crippen LogP contribution >= 0.6 is 0 Å². The van der Waals surface area contributed by atoms with Gasteiger partial charge in [-0.25, -0.2) is 19.3 Å². The van der Waals surface area contributed by atoms with Gasteiger partial charge >= 0.3 is 0 Å². The normalized spacial score (nSPS) is 18.2. The first-order valence-corrected chi connectivity index (χ1v) is 11.4. The van der Waals surface area contributed by atoms with Crippen molar-refractivity contribution < 1.29 is 27.8 Å². The summed E-state index contributed by atoms with van der Waals surface area (Å²) in [7, 11) is -3.61. The predicted molar refractivity (Wildman–Crippen MR) is 114 cm³/mol. The van der Waals surface area contributed by atoms with Crippen molar-refractivity contribution in [1.29, 1.82) is 0 Å². The van der Waals surface area contributed by atoms with E-state index in [-0.39, 0.29) is 36.2 Å². The van der Waals surface area contributed by atoms with Crippen LogP contribution < -0.4 is 16.0 Å². The Morgan fingerprint density at radius 3 is 2.55 bits per heavy atom. The fourth-order valence-electron chi connectivity index (χ4n) is 3.08. The molecule has 2 aromatic carbocycles. The number of amides is 1. The van der Waals surface area contributed by atoms with E-state index in [1.807, 2.05) is 0 Å². The van der Waals surface area contributed by atoms with Crippen LogP contribution in [0.2, 0.25) is 0 Å². The van der Waals surface area contributed by atoms with Crippen molar-refractivity contribution in [3.63, 3.8) is 0 Å². The lowest BCUT2D eigenvalue weighted by molar-refractivity contribution is -0.126. The number of aliphatic imine (C=N–C) groups is 1. The van der Waals surface area contributed by atoms with Gasteiger partial charge < -0.3 is 14.6 Å². The van der Waals surface area contributed by atoms with Gasteiger partial charge in [0.1, 0.15) is 12.4 Å². The van der Waals surface area contributed by atoms with Crippen LogP contribution in [0.5, 0.6) is 5.75 Å². The van der Waals surface area contributed by atoms with E-state index in [0.717, 1.165) is 0 Å². The Labute approximate surface area is 180 Å². The third-order valence-electron chi connectivity index (χ3n) is 4.88. The number of rotatable bonds is 10. The lowest BCUT2D eigenvalue weighted by Gasteiger charge is -2.21. The summed E-state index contributed by atoms with van der Waals surface area (Å²) in [5.74, 6) is 5.28. The largest absolute Gasteiger partial charge is 0.494 e. The Kier molecular flexibility index (Phi) is 7.26. The molecule has 0 fully saturated rings. The highest BCUT2D eigenvalue weighted by Crippen LogP contribution is 2.28. The highest BCUT2D eigenvalue weighted by atomic mass is 32.2. The molecule has 2 aromatic rings. The van der Waals surface area contributed by atoms with Crippen LogP contribution in [-0.2, 0) is 19.4 Å². The summed E-state index contributed by atoms with van der Waals surface area (Å²) < 4.78 is 36.5. The monoisotopic (exact) mass is 447 g/mol. The number of carbonyl (C=O) groups excluding carboxylic acids is 1. The first-order chi connectivity index (χ1) is 14.9. The van der Waals surface area contributed by atoms with Gasteiger partial charge in [0.2, 0.25) is 5.90 Å². The van der Waals surface area contributed by atoms with Gasteiger partial charge in [0, 0.05) is 18.6 Å². The fourth-order valence-corrected chi connectivity index (χ4v) is 4.50. The smallest absolute Gasteiger partial charge is 0.265 e. The number of sulfone groups is 1.